The lowest BCUT2D eigenvalue weighted by Crippen LogP contribution is -2.51. The fourth-order valence-electron chi connectivity index (χ4n) is 2.47. The lowest BCUT2D eigenvalue weighted by Gasteiger charge is -2.42. The SMILES string of the molecule is C=CCC1OC(COP(C)C)CCC12OCCO2. The van der Waals surface area contributed by atoms with E-state index in [0.29, 0.717) is 19.8 Å². The Kier molecular flexibility index (Phi) is 5.16. The van der Waals surface area contributed by atoms with E-state index < -0.39 is 5.79 Å². The van der Waals surface area contributed by atoms with Gasteiger partial charge in [-0.1, -0.05) is 6.08 Å². The standard InChI is InChI=1S/C13H23O4P/c1-4-5-12-13(14-8-9-15-13)7-6-11(17-12)10-16-18(2)3/h4,11-12H,1,5-10H2,2-3H3. The third-order valence-electron chi connectivity index (χ3n) is 3.34. The topological polar surface area (TPSA) is 36.9 Å². The van der Waals surface area contributed by atoms with Gasteiger partial charge in [-0.2, -0.15) is 0 Å². The average Bonchev–Trinajstić information content (AvgIpc) is 2.80. The third kappa shape index (κ3) is 3.31. The molecule has 2 aliphatic rings. The van der Waals surface area contributed by atoms with E-state index in [1.54, 1.807) is 0 Å². The molecule has 0 aromatic carbocycles. The summed E-state index contributed by atoms with van der Waals surface area (Å²) < 4.78 is 23.3. The Balaban J connectivity index is 1.92. The van der Waals surface area contributed by atoms with E-state index >= 15 is 0 Å². The maximum Gasteiger partial charge on any atom is 0.195 e. The molecule has 0 aliphatic carbocycles. The molecule has 104 valence electrons. The Morgan fingerprint density at radius 1 is 1.39 bits per heavy atom. The summed E-state index contributed by atoms with van der Waals surface area (Å²) in [4.78, 5) is 0. The maximum atomic E-state index is 6.08. The van der Waals surface area contributed by atoms with Gasteiger partial charge in [-0.25, -0.2) is 0 Å². The summed E-state index contributed by atoms with van der Waals surface area (Å²) in [6, 6.07) is 0. The van der Waals surface area contributed by atoms with E-state index in [1.807, 2.05) is 6.08 Å². The lowest BCUT2D eigenvalue weighted by molar-refractivity contribution is -0.275. The summed E-state index contributed by atoms with van der Waals surface area (Å²) in [5.74, 6) is -0.534. The van der Waals surface area contributed by atoms with Gasteiger partial charge in [0.25, 0.3) is 0 Å². The second kappa shape index (κ2) is 6.44. The molecule has 0 bridgehead atoms. The third-order valence-corrected chi connectivity index (χ3v) is 4.00. The molecular weight excluding hydrogens is 251 g/mol. The van der Waals surface area contributed by atoms with Crippen molar-refractivity contribution < 1.29 is 18.7 Å². The molecule has 2 heterocycles. The summed E-state index contributed by atoms with van der Waals surface area (Å²) in [6.45, 7) is 9.98. The molecule has 0 saturated carbocycles. The number of hydrogen-bond acceptors (Lipinski definition) is 4. The van der Waals surface area contributed by atoms with E-state index in [4.69, 9.17) is 18.7 Å². The summed E-state index contributed by atoms with van der Waals surface area (Å²) in [6.07, 6.45) is 4.52. The second-order valence-electron chi connectivity index (χ2n) is 4.93. The summed E-state index contributed by atoms with van der Waals surface area (Å²) in [7, 11) is -0.329. The zero-order valence-electron chi connectivity index (χ0n) is 11.3. The molecule has 0 aromatic rings. The van der Waals surface area contributed by atoms with E-state index in [0.717, 1.165) is 19.3 Å². The van der Waals surface area contributed by atoms with Gasteiger partial charge in [-0.3, -0.25) is 0 Å². The number of hydrogen-bond donors (Lipinski definition) is 0. The van der Waals surface area contributed by atoms with Gasteiger partial charge in [-0.15, -0.1) is 6.58 Å². The van der Waals surface area contributed by atoms with Gasteiger partial charge in [-0.05, 0) is 26.2 Å². The van der Waals surface area contributed by atoms with Crippen molar-refractivity contribution in [1.82, 2.24) is 0 Å². The van der Waals surface area contributed by atoms with Crippen LogP contribution in [0.25, 0.3) is 0 Å². The molecule has 0 radical (unpaired) electrons. The molecular formula is C13H23O4P. The molecule has 2 saturated heterocycles. The molecule has 2 unspecified atom stereocenters. The van der Waals surface area contributed by atoms with E-state index in [9.17, 15) is 0 Å². The van der Waals surface area contributed by atoms with Crippen molar-refractivity contribution in [3.63, 3.8) is 0 Å². The minimum atomic E-state index is -0.534. The Hall–Kier alpha value is 0.0100. The van der Waals surface area contributed by atoms with Gasteiger partial charge in [0.2, 0.25) is 0 Å². The van der Waals surface area contributed by atoms with Crippen LogP contribution < -0.4 is 0 Å². The second-order valence-corrected chi connectivity index (χ2v) is 6.81. The van der Waals surface area contributed by atoms with Crippen molar-refractivity contribution in [1.29, 1.82) is 0 Å². The smallest absolute Gasteiger partial charge is 0.195 e. The van der Waals surface area contributed by atoms with Gasteiger partial charge in [0.1, 0.15) is 6.10 Å². The molecule has 1 spiro atoms. The van der Waals surface area contributed by atoms with Crippen LogP contribution in [-0.2, 0) is 18.7 Å². The van der Waals surface area contributed by atoms with Crippen molar-refractivity contribution in [3.05, 3.63) is 12.7 Å². The molecule has 5 heteroatoms. The minimum absolute atomic E-state index is 0.0557. The number of rotatable bonds is 5. The van der Waals surface area contributed by atoms with Gasteiger partial charge < -0.3 is 18.7 Å². The largest absolute Gasteiger partial charge is 0.367 e. The quantitative estimate of drug-likeness (QED) is 0.570. The van der Waals surface area contributed by atoms with Gasteiger partial charge >= 0.3 is 0 Å². The normalized spacial score (nSPS) is 31.1. The van der Waals surface area contributed by atoms with Gasteiger partial charge in [0, 0.05) is 14.6 Å². The van der Waals surface area contributed by atoms with E-state index in [2.05, 4.69) is 19.9 Å². The van der Waals surface area contributed by atoms with Crippen LogP contribution in [0.3, 0.4) is 0 Å². The first-order valence-corrected chi connectivity index (χ1v) is 8.66. The molecule has 2 fully saturated rings. The molecule has 2 rings (SSSR count). The molecule has 0 N–H and O–H groups in total. The summed E-state index contributed by atoms with van der Waals surface area (Å²) >= 11 is 0. The fraction of sp³-hybridized carbons (Fsp3) is 0.846. The summed E-state index contributed by atoms with van der Waals surface area (Å²) in [5, 5.41) is 0. The Labute approximate surface area is 110 Å². The van der Waals surface area contributed by atoms with Gasteiger partial charge in [0.05, 0.1) is 25.9 Å². The molecule has 2 atom stereocenters. The van der Waals surface area contributed by atoms with Crippen LogP contribution in [0.5, 0.6) is 0 Å². The highest BCUT2D eigenvalue weighted by Crippen LogP contribution is 2.39. The Morgan fingerprint density at radius 3 is 2.72 bits per heavy atom. The zero-order chi connectivity index (χ0) is 13.0. The highest BCUT2D eigenvalue weighted by molar-refractivity contribution is 7.50. The Morgan fingerprint density at radius 2 is 2.11 bits per heavy atom. The molecule has 2 aliphatic heterocycles. The first-order chi connectivity index (χ1) is 8.66. The van der Waals surface area contributed by atoms with Crippen LogP contribution in [0.15, 0.2) is 12.7 Å². The average molecular weight is 274 g/mol. The van der Waals surface area contributed by atoms with Crippen molar-refractivity contribution >= 4 is 8.15 Å². The van der Waals surface area contributed by atoms with Crippen molar-refractivity contribution in [2.75, 3.05) is 33.2 Å². The van der Waals surface area contributed by atoms with Crippen molar-refractivity contribution in [2.24, 2.45) is 0 Å². The minimum Gasteiger partial charge on any atom is -0.367 e. The molecule has 0 aromatic heterocycles. The highest BCUT2D eigenvalue weighted by Gasteiger charge is 2.48. The van der Waals surface area contributed by atoms with Crippen LogP contribution in [-0.4, -0.2) is 51.1 Å². The molecule has 0 amide bonds. The first-order valence-electron chi connectivity index (χ1n) is 6.51. The van der Waals surface area contributed by atoms with E-state index in [1.165, 1.54) is 0 Å². The highest BCUT2D eigenvalue weighted by atomic mass is 31.1. The van der Waals surface area contributed by atoms with Crippen LogP contribution in [0.2, 0.25) is 0 Å². The molecule has 4 nitrogen and oxygen atoms in total. The fourth-order valence-corrected chi connectivity index (χ4v) is 2.93. The van der Waals surface area contributed by atoms with Gasteiger partial charge in [0.15, 0.2) is 5.79 Å². The maximum absolute atomic E-state index is 6.08. The summed E-state index contributed by atoms with van der Waals surface area (Å²) in [5.41, 5.74) is 0. The van der Waals surface area contributed by atoms with Crippen molar-refractivity contribution in [2.45, 2.75) is 37.3 Å². The lowest BCUT2D eigenvalue weighted by atomic mass is 9.95. The first kappa shape index (κ1) is 14.4. The van der Waals surface area contributed by atoms with Crippen LogP contribution in [0.4, 0.5) is 0 Å². The van der Waals surface area contributed by atoms with Crippen LogP contribution in [0, 0.1) is 0 Å². The van der Waals surface area contributed by atoms with Crippen LogP contribution in [0.1, 0.15) is 19.3 Å². The predicted molar refractivity (Wildman–Crippen MR) is 72.1 cm³/mol. The van der Waals surface area contributed by atoms with Crippen LogP contribution >= 0.6 is 8.15 Å². The molecule has 18 heavy (non-hydrogen) atoms. The monoisotopic (exact) mass is 274 g/mol. The Bertz CT molecular complexity index is 276. The predicted octanol–water partition coefficient (Wildman–Crippen LogP) is 2.53. The van der Waals surface area contributed by atoms with Crippen molar-refractivity contribution in [3.8, 4) is 0 Å². The zero-order valence-corrected chi connectivity index (χ0v) is 12.2. The van der Waals surface area contributed by atoms with E-state index in [-0.39, 0.29) is 20.4 Å². The number of ether oxygens (including phenoxy) is 3.